The first-order chi connectivity index (χ1) is 7.38. The molecule has 15 heavy (non-hydrogen) atoms. The largest absolute Gasteiger partial charge is 0.249 e. The average molecular weight is 209 g/mol. The molecule has 1 rings (SSSR count). The van der Waals surface area contributed by atoms with Crippen LogP contribution in [0, 0.1) is 0 Å². The topological polar surface area (TPSA) is 30.7 Å². The van der Waals surface area contributed by atoms with E-state index < -0.39 is 0 Å². The van der Waals surface area contributed by atoms with Crippen molar-refractivity contribution in [1.82, 2.24) is 15.0 Å². The first kappa shape index (κ1) is 12.2. The summed E-state index contributed by atoms with van der Waals surface area (Å²) in [5, 5.41) is 8.11. The highest BCUT2D eigenvalue weighted by Gasteiger charge is 2.02. The molecule has 0 aliphatic heterocycles. The van der Waals surface area contributed by atoms with Crippen molar-refractivity contribution >= 4 is 0 Å². The van der Waals surface area contributed by atoms with Gasteiger partial charge >= 0.3 is 0 Å². The van der Waals surface area contributed by atoms with Crippen LogP contribution in [0.3, 0.4) is 0 Å². The van der Waals surface area contributed by atoms with Gasteiger partial charge in [0.1, 0.15) is 0 Å². The van der Waals surface area contributed by atoms with Crippen molar-refractivity contribution in [2.45, 2.75) is 65.3 Å². The lowest BCUT2D eigenvalue weighted by Gasteiger charge is -2.04. The lowest BCUT2D eigenvalue weighted by Crippen LogP contribution is -2.05. The Morgan fingerprint density at radius 3 is 2.60 bits per heavy atom. The predicted octanol–water partition coefficient (Wildman–Crippen LogP) is 3.20. The number of hydrogen-bond donors (Lipinski definition) is 0. The van der Waals surface area contributed by atoms with Gasteiger partial charge in [-0.2, -0.15) is 0 Å². The first-order valence-electron chi connectivity index (χ1n) is 6.25. The van der Waals surface area contributed by atoms with Gasteiger partial charge in [0.15, 0.2) is 0 Å². The van der Waals surface area contributed by atoms with Gasteiger partial charge in [0, 0.05) is 6.54 Å². The standard InChI is InChI=1S/C12H23N3/c1-3-5-7-8-9-12-11-13-14-15(12)10-6-4-2/h11H,3-10H2,1-2H3. The molecule has 0 N–H and O–H groups in total. The van der Waals surface area contributed by atoms with Crippen molar-refractivity contribution in [3.05, 3.63) is 11.9 Å². The molecule has 0 saturated carbocycles. The zero-order valence-corrected chi connectivity index (χ0v) is 10.1. The Hall–Kier alpha value is -0.860. The molecule has 86 valence electrons. The summed E-state index contributed by atoms with van der Waals surface area (Å²) in [5.74, 6) is 0. The molecule has 0 radical (unpaired) electrons. The second-order valence-corrected chi connectivity index (χ2v) is 4.11. The maximum atomic E-state index is 4.12. The van der Waals surface area contributed by atoms with Gasteiger partial charge < -0.3 is 0 Å². The summed E-state index contributed by atoms with van der Waals surface area (Å²) in [4.78, 5) is 0. The van der Waals surface area contributed by atoms with E-state index in [4.69, 9.17) is 0 Å². The summed E-state index contributed by atoms with van der Waals surface area (Å²) in [6.45, 7) is 5.48. The van der Waals surface area contributed by atoms with Gasteiger partial charge in [0.25, 0.3) is 0 Å². The molecule has 3 nitrogen and oxygen atoms in total. The molecule has 0 unspecified atom stereocenters. The van der Waals surface area contributed by atoms with Crippen LogP contribution in [0.25, 0.3) is 0 Å². The summed E-state index contributed by atoms with van der Waals surface area (Å²) >= 11 is 0. The third-order valence-corrected chi connectivity index (χ3v) is 2.71. The van der Waals surface area contributed by atoms with E-state index in [0.717, 1.165) is 13.0 Å². The van der Waals surface area contributed by atoms with E-state index in [1.54, 1.807) is 0 Å². The molecule has 0 atom stereocenters. The smallest absolute Gasteiger partial charge is 0.0725 e. The summed E-state index contributed by atoms with van der Waals surface area (Å²) in [6, 6.07) is 0. The van der Waals surface area contributed by atoms with Gasteiger partial charge in [-0.1, -0.05) is 44.7 Å². The third-order valence-electron chi connectivity index (χ3n) is 2.71. The highest BCUT2D eigenvalue weighted by Crippen LogP contribution is 2.07. The molecule has 0 bridgehead atoms. The van der Waals surface area contributed by atoms with Crippen molar-refractivity contribution < 1.29 is 0 Å². The number of aryl methyl sites for hydroxylation is 2. The van der Waals surface area contributed by atoms with Crippen LogP contribution in [0.4, 0.5) is 0 Å². The van der Waals surface area contributed by atoms with Crippen LogP contribution in [0.1, 0.15) is 58.1 Å². The second-order valence-electron chi connectivity index (χ2n) is 4.11. The monoisotopic (exact) mass is 209 g/mol. The van der Waals surface area contributed by atoms with Gasteiger partial charge in [-0.05, 0) is 19.3 Å². The Morgan fingerprint density at radius 1 is 1.07 bits per heavy atom. The fourth-order valence-electron chi connectivity index (χ4n) is 1.70. The first-order valence-corrected chi connectivity index (χ1v) is 6.25. The number of rotatable bonds is 8. The molecule has 0 spiro atoms. The van der Waals surface area contributed by atoms with Crippen LogP contribution in [0.15, 0.2) is 6.20 Å². The van der Waals surface area contributed by atoms with Crippen molar-refractivity contribution in [2.24, 2.45) is 0 Å². The van der Waals surface area contributed by atoms with E-state index >= 15 is 0 Å². The number of unbranched alkanes of at least 4 members (excludes halogenated alkanes) is 4. The SMILES string of the molecule is CCCCCCc1cnnn1CCCC. The molecule has 0 saturated heterocycles. The molecule has 1 aromatic rings. The van der Waals surface area contributed by atoms with Crippen molar-refractivity contribution in [2.75, 3.05) is 0 Å². The fraction of sp³-hybridized carbons (Fsp3) is 0.833. The molecule has 3 heteroatoms. The third kappa shape index (κ3) is 4.45. The second kappa shape index (κ2) is 7.43. The van der Waals surface area contributed by atoms with Gasteiger partial charge in [-0.25, -0.2) is 4.68 Å². The Bertz CT molecular complexity index is 255. The molecule has 0 amide bonds. The Labute approximate surface area is 92.9 Å². The minimum absolute atomic E-state index is 1.03. The van der Waals surface area contributed by atoms with Crippen molar-refractivity contribution in [3.8, 4) is 0 Å². The maximum Gasteiger partial charge on any atom is 0.0725 e. The van der Waals surface area contributed by atoms with Crippen LogP contribution >= 0.6 is 0 Å². The Kier molecular flexibility index (Phi) is 6.05. The van der Waals surface area contributed by atoms with Crippen LogP contribution in [-0.4, -0.2) is 15.0 Å². The number of nitrogens with zero attached hydrogens (tertiary/aromatic N) is 3. The molecular weight excluding hydrogens is 186 g/mol. The Balaban J connectivity index is 2.29. The maximum absolute atomic E-state index is 4.12. The highest BCUT2D eigenvalue weighted by molar-refractivity contribution is 4.93. The molecule has 1 heterocycles. The summed E-state index contributed by atoms with van der Waals surface area (Å²) in [5.41, 5.74) is 1.31. The molecule has 0 fully saturated rings. The quantitative estimate of drug-likeness (QED) is 0.615. The zero-order valence-electron chi connectivity index (χ0n) is 10.1. The predicted molar refractivity (Wildman–Crippen MR) is 62.8 cm³/mol. The van der Waals surface area contributed by atoms with E-state index in [1.807, 2.05) is 6.20 Å². The van der Waals surface area contributed by atoms with E-state index in [9.17, 15) is 0 Å². The van der Waals surface area contributed by atoms with Gasteiger partial charge in [-0.15, -0.1) is 5.10 Å². The molecule has 0 aromatic carbocycles. The average Bonchev–Trinajstić information content (AvgIpc) is 2.69. The van der Waals surface area contributed by atoms with Crippen LogP contribution in [0.5, 0.6) is 0 Å². The van der Waals surface area contributed by atoms with Crippen molar-refractivity contribution in [1.29, 1.82) is 0 Å². The lowest BCUT2D eigenvalue weighted by molar-refractivity contribution is 0.524. The Morgan fingerprint density at radius 2 is 1.87 bits per heavy atom. The summed E-state index contributed by atoms with van der Waals surface area (Å²) in [6.07, 6.45) is 10.7. The summed E-state index contributed by atoms with van der Waals surface area (Å²) < 4.78 is 2.06. The zero-order chi connectivity index (χ0) is 10.9. The minimum atomic E-state index is 1.03. The highest BCUT2D eigenvalue weighted by atomic mass is 15.4. The van der Waals surface area contributed by atoms with E-state index in [-0.39, 0.29) is 0 Å². The van der Waals surface area contributed by atoms with Gasteiger partial charge in [-0.3, -0.25) is 0 Å². The molecule has 0 aliphatic carbocycles. The van der Waals surface area contributed by atoms with E-state index in [0.29, 0.717) is 0 Å². The lowest BCUT2D eigenvalue weighted by atomic mass is 10.1. The fourth-order valence-corrected chi connectivity index (χ4v) is 1.70. The molecule has 1 aromatic heterocycles. The van der Waals surface area contributed by atoms with Crippen LogP contribution in [-0.2, 0) is 13.0 Å². The number of aromatic nitrogens is 3. The molecular formula is C12H23N3. The number of hydrogen-bond acceptors (Lipinski definition) is 2. The van der Waals surface area contributed by atoms with Crippen molar-refractivity contribution in [3.63, 3.8) is 0 Å². The molecule has 0 aliphatic rings. The normalized spacial score (nSPS) is 10.8. The summed E-state index contributed by atoms with van der Waals surface area (Å²) in [7, 11) is 0. The van der Waals surface area contributed by atoms with Crippen LogP contribution in [0.2, 0.25) is 0 Å². The van der Waals surface area contributed by atoms with E-state index in [2.05, 4.69) is 28.8 Å². The minimum Gasteiger partial charge on any atom is -0.249 e. The van der Waals surface area contributed by atoms with Gasteiger partial charge in [0.05, 0.1) is 11.9 Å². The van der Waals surface area contributed by atoms with Gasteiger partial charge in [0.2, 0.25) is 0 Å². The van der Waals surface area contributed by atoms with Crippen LogP contribution < -0.4 is 0 Å². The van der Waals surface area contributed by atoms with E-state index in [1.165, 1.54) is 44.2 Å².